The number of rotatable bonds is 14. The molecule has 0 aromatic heterocycles. The summed E-state index contributed by atoms with van der Waals surface area (Å²) in [7, 11) is 0. The van der Waals surface area contributed by atoms with E-state index in [1.807, 2.05) is 12.4 Å². The minimum atomic E-state index is 0.327. The molecule has 0 fully saturated rings. The molecule has 2 aliphatic heterocycles. The molecule has 0 spiro atoms. The molecule has 0 N–H and O–H groups in total. The summed E-state index contributed by atoms with van der Waals surface area (Å²) in [4.78, 5) is 9.43. The topological polar surface area (TPSA) is 37.7 Å². The number of anilines is 4. The molecule has 0 aliphatic carbocycles. The van der Waals surface area contributed by atoms with Gasteiger partial charge in [0.25, 0.3) is 0 Å². The number of azo groups is 1. The molecule has 6 nitrogen and oxygen atoms in total. The molecule has 0 saturated carbocycles. The third-order valence-electron chi connectivity index (χ3n) is 12.5. The van der Waals surface area contributed by atoms with Crippen molar-refractivity contribution in [3.8, 4) is 0 Å². The molecule has 328 valence electrons. The van der Waals surface area contributed by atoms with Crippen molar-refractivity contribution in [1.29, 1.82) is 0 Å². The minimum Gasteiger partial charge on any atom is -0.300 e. The van der Waals surface area contributed by atoms with Crippen LogP contribution in [0.2, 0.25) is 0 Å². The van der Waals surface area contributed by atoms with Crippen LogP contribution >= 0.6 is 0 Å². The summed E-state index contributed by atoms with van der Waals surface area (Å²) in [5.41, 5.74) is 15.4. The Morgan fingerprint density at radius 3 is 0.597 bits per heavy atom. The molecule has 2 heterocycles. The molecule has 6 heteroatoms. The lowest BCUT2D eigenvalue weighted by Crippen LogP contribution is -2.26. The molecule has 4 aromatic carbocycles. The summed E-state index contributed by atoms with van der Waals surface area (Å²) in [6.07, 6.45) is 12.9. The lowest BCUT2D eigenvalue weighted by atomic mass is 9.91. The van der Waals surface area contributed by atoms with Crippen molar-refractivity contribution in [2.75, 3.05) is 19.6 Å². The third-order valence-corrected chi connectivity index (χ3v) is 12.5. The summed E-state index contributed by atoms with van der Waals surface area (Å²) in [6, 6.07) is 27.1. The van der Waals surface area contributed by atoms with E-state index in [1.54, 1.807) is 0 Å². The fraction of sp³-hybridized carbons (Fsp3) is 0.429. The second kappa shape index (κ2) is 19.4. The van der Waals surface area contributed by atoms with Crippen molar-refractivity contribution in [3.05, 3.63) is 166 Å². The molecule has 0 saturated heterocycles. The van der Waals surface area contributed by atoms with E-state index in [0.29, 0.717) is 47.3 Å². The summed E-state index contributed by atoms with van der Waals surface area (Å²) in [6.45, 7) is 36.6. The molecule has 0 radical (unpaired) electrons. The van der Waals surface area contributed by atoms with Crippen molar-refractivity contribution in [2.45, 2.75) is 158 Å². The molecule has 0 bridgehead atoms. The van der Waals surface area contributed by atoms with Gasteiger partial charge in [0.05, 0.1) is 35.1 Å². The molecular formula is C56H74N6. The third kappa shape index (κ3) is 9.07. The lowest BCUT2D eigenvalue weighted by molar-refractivity contribution is 0.818. The molecule has 62 heavy (non-hydrogen) atoms. The van der Waals surface area contributed by atoms with Crippen molar-refractivity contribution >= 4 is 22.7 Å². The Morgan fingerprint density at radius 2 is 0.452 bits per heavy atom. The molecule has 0 amide bonds. The normalized spacial score (nSPS) is 14.6. The van der Waals surface area contributed by atoms with Crippen LogP contribution in [0.3, 0.4) is 0 Å². The van der Waals surface area contributed by atoms with Gasteiger partial charge < -0.3 is 0 Å². The predicted octanol–water partition coefficient (Wildman–Crippen LogP) is 17.0. The Hall–Kier alpha value is -5.36. The zero-order valence-corrected chi connectivity index (χ0v) is 40.7. The van der Waals surface area contributed by atoms with Crippen LogP contribution in [0.1, 0.15) is 203 Å². The van der Waals surface area contributed by atoms with Gasteiger partial charge in [0.15, 0.2) is 0 Å². The van der Waals surface area contributed by atoms with E-state index < -0.39 is 0 Å². The largest absolute Gasteiger partial charge is 0.300 e. The van der Waals surface area contributed by atoms with Gasteiger partial charge in [-0.25, -0.2) is 0 Å². The van der Waals surface area contributed by atoms with E-state index in [4.69, 9.17) is 10.2 Å². The van der Waals surface area contributed by atoms with Crippen LogP contribution in [0.4, 0.5) is 22.7 Å². The highest BCUT2D eigenvalue weighted by atomic mass is 15.4. The SMILES string of the molecule is CC(C)c1cccc(C(C)C)c1N1C=CN(c2c(C(C)C)cccc2C(C)C)C1=CN=NC=C1N(c2c(C(C)C)cccc2C(C)C)C=CN1c1c(C(C)C)cccc1C(C)C. The van der Waals surface area contributed by atoms with E-state index >= 15 is 0 Å². The first kappa shape index (κ1) is 46.2. The molecule has 6 rings (SSSR count). The Bertz CT molecular complexity index is 1940. The van der Waals surface area contributed by atoms with Gasteiger partial charge in [0.1, 0.15) is 11.6 Å². The van der Waals surface area contributed by atoms with Gasteiger partial charge in [-0.3, -0.25) is 19.6 Å². The number of benzene rings is 4. The molecule has 4 aromatic rings. The first-order valence-electron chi connectivity index (χ1n) is 23.3. The van der Waals surface area contributed by atoms with Gasteiger partial charge >= 0.3 is 0 Å². The van der Waals surface area contributed by atoms with Crippen molar-refractivity contribution in [3.63, 3.8) is 0 Å². The Morgan fingerprint density at radius 1 is 0.290 bits per heavy atom. The summed E-state index contributed by atoms with van der Waals surface area (Å²) in [5, 5.41) is 10.1. The van der Waals surface area contributed by atoms with Gasteiger partial charge in [0, 0.05) is 24.8 Å². The maximum absolute atomic E-state index is 5.03. The van der Waals surface area contributed by atoms with Crippen LogP contribution in [-0.4, -0.2) is 0 Å². The second-order valence-corrected chi connectivity index (χ2v) is 19.7. The zero-order chi connectivity index (χ0) is 45.2. The monoisotopic (exact) mass is 831 g/mol. The Labute approximate surface area is 375 Å². The highest BCUT2D eigenvalue weighted by Gasteiger charge is 2.33. The minimum absolute atomic E-state index is 0.327. The highest BCUT2D eigenvalue weighted by Crippen LogP contribution is 2.47. The first-order chi connectivity index (χ1) is 29.5. The lowest BCUT2D eigenvalue weighted by Gasteiger charge is -2.33. The predicted molar refractivity (Wildman–Crippen MR) is 268 cm³/mol. The number of hydrogen-bond acceptors (Lipinski definition) is 6. The second-order valence-electron chi connectivity index (χ2n) is 19.7. The smallest absolute Gasteiger partial charge is 0.142 e. The van der Waals surface area contributed by atoms with Crippen LogP contribution in [-0.2, 0) is 0 Å². The van der Waals surface area contributed by atoms with Gasteiger partial charge in [-0.05, 0) is 91.9 Å². The summed E-state index contributed by atoms with van der Waals surface area (Å²) < 4.78 is 0. The van der Waals surface area contributed by atoms with Crippen molar-refractivity contribution < 1.29 is 0 Å². The maximum Gasteiger partial charge on any atom is 0.142 e. The van der Waals surface area contributed by atoms with E-state index in [1.165, 1.54) is 67.3 Å². The van der Waals surface area contributed by atoms with Crippen LogP contribution in [0, 0.1) is 0 Å². The molecule has 0 unspecified atom stereocenters. The van der Waals surface area contributed by atoms with E-state index in [9.17, 15) is 0 Å². The number of para-hydroxylation sites is 4. The average Bonchev–Trinajstić information content (AvgIpc) is 3.84. The van der Waals surface area contributed by atoms with E-state index in [2.05, 4.69) is 228 Å². The fourth-order valence-corrected chi connectivity index (χ4v) is 9.14. The average molecular weight is 831 g/mol. The van der Waals surface area contributed by atoms with Crippen molar-refractivity contribution in [1.82, 2.24) is 0 Å². The zero-order valence-electron chi connectivity index (χ0n) is 40.7. The summed E-state index contributed by atoms with van der Waals surface area (Å²) in [5.74, 6) is 4.53. The molecule has 2 aliphatic rings. The molecule has 0 atom stereocenters. The van der Waals surface area contributed by atoms with Gasteiger partial charge in [-0.15, -0.1) is 0 Å². The fourth-order valence-electron chi connectivity index (χ4n) is 9.14. The molecular weight excluding hydrogens is 757 g/mol. The van der Waals surface area contributed by atoms with Crippen LogP contribution in [0.25, 0.3) is 0 Å². The number of nitrogens with zero attached hydrogens (tertiary/aromatic N) is 6. The van der Waals surface area contributed by atoms with E-state index in [-0.39, 0.29) is 0 Å². The Balaban J connectivity index is 1.60. The summed E-state index contributed by atoms with van der Waals surface area (Å²) >= 11 is 0. The van der Waals surface area contributed by atoms with E-state index in [0.717, 1.165) is 11.6 Å². The standard InChI is InChI=1S/C56H74N6/c1-35(2)43-21-17-22-44(36(3)4)53(43)59-29-30-60(54-45(37(5)6)23-18-24-46(54)38(7)8)51(59)33-57-58-34-52-61(55-47(39(9)10)25-19-26-48(55)40(11)12)31-32-62(52)56-49(41(13)14)27-20-28-50(56)42(15)16/h17-42H,1-16H3. The van der Waals surface area contributed by atoms with Crippen molar-refractivity contribution in [2.24, 2.45) is 10.2 Å². The van der Waals surface area contributed by atoms with Crippen LogP contribution in [0.15, 0.2) is 132 Å². The number of hydrogen-bond donors (Lipinski definition) is 0. The first-order valence-corrected chi connectivity index (χ1v) is 23.3. The maximum atomic E-state index is 5.03. The quantitative estimate of drug-likeness (QED) is 0.119. The van der Waals surface area contributed by atoms with Gasteiger partial charge in [-0.2, -0.15) is 10.2 Å². The Kier molecular flexibility index (Phi) is 14.4. The van der Waals surface area contributed by atoms with Crippen LogP contribution < -0.4 is 19.6 Å². The van der Waals surface area contributed by atoms with Gasteiger partial charge in [0.2, 0.25) is 0 Å². The van der Waals surface area contributed by atoms with Gasteiger partial charge in [-0.1, -0.05) is 184 Å². The highest BCUT2D eigenvalue weighted by molar-refractivity contribution is 5.79. The van der Waals surface area contributed by atoms with Crippen LogP contribution in [0.5, 0.6) is 0 Å².